The molecule has 1 aromatic rings. The van der Waals surface area contributed by atoms with E-state index in [-0.39, 0.29) is 17.9 Å². The summed E-state index contributed by atoms with van der Waals surface area (Å²) in [6, 6.07) is 8.19. The molecule has 1 saturated heterocycles. The highest BCUT2D eigenvalue weighted by molar-refractivity contribution is 5.78. The van der Waals surface area contributed by atoms with E-state index in [1.807, 2.05) is 30.9 Å². The number of nitrogens with one attached hydrogen (secondary N) is 2. The first kappa shape index (κ1) is 20.1. The molecule has 6 heteroatoms. The summed E-state index contributed by atoms with van der Waals surface area (Å²) in [5.41, 5.74) is 1.31. The predicted molar refractivity (Wildman–Crippen MR) is 102 cm³/mol. The van der Waals surface area contributed by atoms with Crippen molar-refractivity contribution in [3.63, 3.8) is 0 Å². The minimum absolute atomic E-state index is 0.0126. The van der Waals surface area contributed by atoms with Gasteiger partial charge in [0, 0.05) is 32.1 Å². The van der Waals surface area contributed by atoms with Gasteiger partial charge in [0.05, 0.1) is 7.11 Å². The van der Waals surface area contributed by atoms with Crippen LogP contribution in [-0.2, 0) is 11.2 Å². The molecule has 0 aliphatic carbocycles. The van der Waals surface area contributed by atoms with Crippen molar-refractivity contribution < 1.29 is 14.3 Å². The topological polar surface area (TPSA) is 70.7 Å². The fourth-order valence-electron chi connectivity index (χ4n) is 3.11. The summed E-state index contributed by atoms with van der Waals surface area (Å²) in [6.45, 7) is 6.20. The Kier molecular flexibility index (Phi) is 7.75. The van der Waals surface area contributed by atoms with Crippen LogP contribution in [0.3, 0.4) is 0 Å². The number of piperidine rings is 1. The van der Waals surface area contributed by atoms with Gasteiger partial charge in [-0.05, 0) is 42.9 Å². The van der Waals surface area contributed by atoms with E-state index in [2.05, 4.69) is 22.8 Å². The number of urea groups is 1. The second kappa shape index (κ2) is 10.0. The third kappa shape index (κ3) is 6.24. The summed E-state index contributed by atoms with van der Waals surface area (Å²) in [7, 11) is 1.67. The van der Waals surface area contributed by atoms with Crippen LogP contribution in [0.2, 0.25) is 0 Å². The second-order valence-corrected chi connectivity index (χ2v) is 7.16. The number of carbonyl (C=O) groups is 2. The molecule has 0 aromatic heterocycles. The zero-order valence-electron chi connectivity index (χ0n) is 16.1. The lowest BCUT2D eigenvalue weighted by atomic mass is 9.90. The number of ether oxygens (including phenoxy) is 1. The van der Waals surface area contributed by atoms with Gasteiger partial charge in [0.2, 0.25) is 5.91 Å². The number of methoxy groups -OCH3 is 1. The molecule has 0 bridgehead atoms. The number of amides is 3. The van der Waals surface area contributed by atoms with Crippen LogP contribution in [-0.4, -0.2) is 50.1 Å². The van der Waals surface area contributed by atoms with Crippen molar-refractivity contribution in [1.29, 1.82) is 0 Å². The molecule has 1 aromatic carbocycles. The predicted octanol–water partition coefficient (Wildman–Crippen LogP) is 2.43. The van der Waals surface area contributed by atoms with Crippen LogP contribution in [0, 0.1) is 11.8 Å². The smallest absolute Gasteiger partial charge is 0.317 e. The maximum absolute atomic E-state index is 12.2. The average Bonchev–Trinajstić information content (AvgIpc) is 2.66. The van der Waals surface area contributed by atoms with E-state index in [0.29, 0.717) is 19.0 Å². The number of benzene rings is 1. The van der Waals surface area contributed by atoms with E-state index in [0.717, 1.165) is 38.1 Å². The number of rotatable bonds is 7. The van der Waals surface area contributed by atoms with Gasteiger partial charge in [0.25, 0.3) is 0 Å². The molecule has 1 fully saturated rings. The third-order valence-electron chi connectivity index (χ3n) is 4.81. The largest absolute Gasteiger partial charge is 0.497 e. The highest BCUT2D eigenvalue weighted by atomic mass is 16.5. The molecule has 2 N–H and O–H groups in total. The van der Waals surface area contributed by atoms with E-state index in [4.69, 9.17) is 4.74 Å². The number of hydrogen-bond donors (Lipinski definition) is 2. The number of nitrogens with zero attached hydrogens (tertiary/aromatic N) is 1. The van der Waals surface area contributed by atoms with Crippen molar-refractivity contribution in [3.8, 4) is 5.75 Å². The van der Waals surface area contributed by atoms with Gasteiger partial charge < -0.3 is 20.3 Å². The summed E-state index contributed by atoms with van der Waals surface area (Å²) in [4.78, 5) is 25.5. The van der Waals surface area contributed by atoms with Crippen molar-refractivity contribution in [2.45, 2.75) is 33.1 Å². The Hall–Kier alpha value is -2.24. The van der Waals surface area contributed by atoms with Crippen molar-refractivity contribution in [3.05, 3.63) is 29.8 Å². The fraction of sp³-hybridized carbons (Fsp3) is 0.600. The van der Waals surface area contributed by atoms with Crippen LogP contribution in [0.5, 0.6) is 5.75 Å². The highest BCUT2D eigenvalue weighted by Gasteiger charge is 2.22. The standard InChI is InChI=1S/C20H31N3O3/c1-15(2)19(24)21-10-11-22-20(25)23-12-8-17(9-13-23)14-16-4-6-18(26-3)7-5-16/h4-7,15,17H,8-14H2,1-3H3,(H,21,24)(H,22,25). The lowest BCUT2D eigenvalue weighted by Crippen LogP contribution is -2.46. The molecule has 0 saturated carbocycles. The molecule has 144 valence electrons. The Morgan fingerprint density at radius 2 is 1.73 bits per heavy atom. The first-order valence-electron chi connectivity index (χ1n) is 9.43. The molecule has 26 heavy (non-hydrogen) atoms. The molecule has 1 aliphatic heterocycles. The van der Waals surface area contributed by atoms with E-state index in [9.17, 15) is 9.59 Å². The van der Waals surface area contributed by atoms with E-state index in [1.165, 1.54) is 5.56 Å². The lowest BCUT2D eigenvalue weighted by molar-refractivity contribution is -0.123. The molecule has 6 nitrogen and oxygen atoms in total. The van der Waals surface area contributed by atoms with Crippen LogP contribution in [0.4, 0.5) is 4.79 Å². The third-order valence-corrected chi connectivity index (χ3v) is 4.81. The zero-order chi connectivity index (χ0) is 18.9. The normalized spacial score (nSPS) is 15.0. The Morgan fingerprint density at radius 1 is 1.12 bits per heavy atom. The van der Waals surface area contributed by atoms with Crippen LogP contribution in [0.1, 0.15) is 32.3 Å². The van der Waals surface area contributed by atoms with Crippen LogP contribution in [0.25, 0.3) is 0 Å². The lowest BCUT2D eigenvalue weighted by Gasteiger charge is -2.32. The fourth-order valence-corrected chi connectivity index (χ4v) is 3.11. The average molecular weight is 361 g/mol. The SMILES string of the molecule is COc1ccc(CC2CCN(C(=O)NCCNC(=O)C(C)C)CC2)cc1. The molecule has 0 atom stereocenters. The Bertz CT molecular complexity index is 578. The van der Waals surface area contributed by atoms with Crippen molar-refractivity contribution in [2.75, 3.05) is 33.3 Å². The monoisotopic (exact) mass is 361 g/mol. The molecule has 0 unspecified atom stereocenters. The molecule has 0 spiro atoms. The van der Waals surface area contributed by atoms with Gasteiger partial charge in [0.15, 0.2) is 0 Å². The van der Waals surface area contributed by atoms with Crippen LogP contribution < -0.4 is 15.4 Å². The first-order valence-corrected chi connectivity index (χ1v) is 9.43. The van der Waals surface area contributed by atoms with E-state index >= 15 is 0 Å². The minimum Gasteiger partial charge on any atom is -0.497 e. The quantitative estimate of drug-likeness (QED) is 0.733. The molecule has 0 radical (unpaired) electrons. The van der Waals surface area contributed by atoms with Gasteiger partial charge in [-0.1, -0.05) is 26.0 Å². The molecular formula is C20H31N3O3. The van der Waals surface area contributed by atoms with Crippen LogP contribution >= 0.6 is 0 Å². The van der Waals surface area contributed by atoms with Gasteiger partial charge in [0.1, 0.15) is 5.75 Å². The Labute approximate surface area is 156 Å². The molecule has 3 amide bonds. The summed E-state index contributed by atoms with van der Waals surface area (Å²) < 4.78 is 5.19. The molecule has 1 heterocycles. The Balaban J connectivity index is 1.65. The molecule has 1 aliphatic rings. The zero-order valence-corrected chi connectivity index (χ0v) is 16.1. The van der Waals surface area contributed by atoms with Gasteiger partial charge in [-0.3, -0.25) is 4.79 Å². The minimum atomic E-state index is -0.0355. The van der Waals surface area contributed by atoms with Gasteiger partial charge >= 0.3 is 6.03 Å². The van der Waals surface area contributed by atoms with Crippen molar-refractivity contribution >= 4 is 11.9 Å². The van der Waals surface area contributed by atoms with E-state index in [1.54, 1.807) is 7.11 Å². The maximum atomic E-state index is 12.2. The van der Waals surface area contributed by atoms with Crippen molar-refractivity contribution in [2.24, 2.45) is 11.8 Å². The van der Waals surface area contributed by atoms with Crippen LogP contribution in [0.15, 0.2) is 24.3 Å². The Morgan fingerprint density at radius 3 is 2.31 bits per heavy atom. The maximum Gasteiger partial charge on any atom is 0.317 e. The van der Waals surface area contributed by atoms with Gasteiger partial charge in [-0.15, -0.1) is 0 Å². The molecular weight excluding hydrogens is 330 g/mol. The number of hydrogen-bond acceptors (Lipinski definition) is 3. The number of carbonyl (C=O) groups excluding carboxylic acids is 2. The van der Waals surface area contributed by atoms with E-state index < -0.39 is 0 Å². The summed E-state index contributed by atoms with van der Waals surface area (Å²) in [5.74, 6) is 1.47. The highest BCUT2D eigenvalue weighted by Crippen LogP contribution is 2.22. The molecule has 2 rings (SSSR count). The second-order valence-electron chi connectivity index (χ2n) is 7.16. The van der Waals surface area contributed by atoms with Gasteiger partial charge in [-0.2, -0.15) is 0 Å². The summed E-state index contributed by atoms with van der Waals surface area (Å²) >= 11 is 0. The summed E-state index contributed by atoms with van der Waals surface area (Å²) in [5, 5.41) is 5.68. The first-order chi connectivity index (χ1) is 12.5. The number of likely N-dealkylation sites (tertiary alicyclic amines) is 1. The summed E-state index contributed by atoms with van der Waals surface area (Å²) in [6.07, 6.45) is 3.08. The van der Waals surface area contributed by atoms with Gasteiger partial charge in [-0.25, -0.2) is 4.79 Å². The van der Waals surface area contributed by atoms with Crippen molar-refractivity contribution in [1.82, 2.24) is 15.5 Å².